The topological polar surface area (TPSA) is 147 Å². The number of nitriles is 1. The van der Waals surface area contributed by atoms with E-state index >= 15 is 0 Å². The molecule has 2 aromatic heterocycles. The Kier molecular flexibility index (Phi) is 7.05. The van der Waals surface area contributed by atoms with Crippen molar-refractivity contribution in [1.82, 2.24) is 15.3 Å². The number of carbonyl (C=O) groups is 1. The van der Waals surface area contributed by atoms with Crippen LogP contribution >= 0.6 is 0 Å². The summed E-state index contributed by atoms with van der Waals surface area (Å²) in [5.41, 5.74) is 8.43. The van der Waals surface area contributed by atoms with Crippen LogP contribution in [0.2, 0.25) is 0 Å². The first-order chi connectivity index (χ1) is 15.5. The highest BCUT2D eigenvalue weighted by Crippen LogP contribution is 2.34. The monoisotopic (exact) mass is 433 g/mol. The Balaban J connectivity index is 2.04. The first-order valence-corrected chi connectivity index (χ1v) is 9.58. The zero-order valence-corrected chi connectivity index (χ0v) is 17.9. The molecule has 0 saturated carbocycles. The van der Waals surface area contributed by atoms with Gasteiger partial charge >= 0.3 is 0 Å². The van der Waals surface area contributed by atoms with Gasteiger partial charge in [0.05, 0.1) is 30.7 Å². The number of ether oxygens (including phenoxy) is 2. The van der Waals surface area contributed by atoms with Gasteiger partial charge in [0.2, 0.25) is 0 Å². The molecule has 3 rings (SSSR count). The lowest BCUT2D eigenvalue weighted by molar-refractivity contribution is 0.0964. The highest BCUT2D eigenvalue weighted by Gasteiger charge is 2.19. The molecule has 32 heavy (non-hydrogen) atoms. The van der Waals surface area contributed by atoms with E-state index < -0.39 is 5.91 Å². The zero-order valence-electron chi connectivity index (χ0n) is 17.9. The number of nitrogens with two attached hydrogens (primary N) is 1. The van der Waals surface area contributed by atoms with Gasteiger partial charge in [-0.25, -0.2) is 9.97 Å². The van der Waals surface area contributed by atoms with Gasteiger partial charge in [-0.3, -0.25) is 4.79 Å². The Labute approximate surface area is 185 Å². The van der Waals surface area contributed by atoms with Crippen molar-refractivity contribution >= 4 is 34.7 Å². The summed E-state index contributed by atoms with van der Waals surface area (Å²) in [6.45, 7) is 0.435. The minimum absolute atomic E-state index is 0.0142. The number of anilines is 5. The molecule has 0 aliphatic heterocycles. The van der Waals surface area contributed by atoms with Crippen LogP contribution in [0.25, 0.3) is 0 Å². The Bertz CT molecular complexity index is 1170. The second-order valence-corrected chi connectivity index (χ2v) is 6.62. The van der Waals surface area contributed by atoms with Gasteiger partial charge in [-0.15, -0.1) is 0 Å². The molecule has 10 nitrogen and oxygen atoms in total. The molecule has 0 atom stereocenters. The molecule has 0 radical (unpaired) electrons. The summed E-state index contributed by atoms with van der Waals surface area (Å²) in [5.74, 6) is 0.848. The Morgan fingerprint density at radius 2 is 1.97 bits per heavy atom. The van der Waals surface area contributed by atoms with Crippen molar-refractivity contribution in [3.8, 4) is 11.8 Å². The van der Waals surface area contributed by atoms with Crippen LogP contribution in [0.15, 0.2) is 42.6 Å². The number of methoxy groups -OCH3 is 2. The number of benzene rings is 1. The van der Waals surface area contributed by atoms with Gasteiger partial charge in [-0.05, 0) is 29.8 Å². The molecule has 0 fully saturated rings. The van der Waals surface area contributed by atoms with E-state index in [1.807, 2.05) is 12.1 Å². The molecular weight excluding hydrogens is 410 g/mol. The molecule has 1 amide bonds. The molecule has 0 aliphatic carbocycles. The van der Waals surface area contributed by atoms with Crippen LogP contribution in [0, 0.1) is 11.3 Å². The number of nitrogens with zero attached hydrogens (tertiary/aromatic N) is 3. The minimum Gasteiger partial charge on any atom is -0.493 e. The Morgan fingerprint density at radius 3 is 2.66 bits per heavy atom. The second kappa shape index (κ2) is 10.1. The number of aromatic nitrogens is 2. The molecular formula is C22H23N7O3. The van der Waals surface area contributed by atoms with Gasteiger partial charge in [0, 0.05) is 26.4 Å². The first kappa shape index (κ1) is 22.3. The van der Waals surface area contributed by atoms with Crippen molar-refractivity contribution in [3.63, 3.8) is 0 Å². The molecule has 5 N–H and O–H groups in total. The van der Waals surface area contributed by atoms with E-state index in [2.05, 4.69) is 32.0 Å². The van der Waals surface area contributed by atoms with E-state index in [1.165, 1.54) is 14.2 Å². The molecule has 2 heterocycles. The number of hydrogen-bond acceptors (Lipinski definition) is 9. The molecule has 0 saturated heterocycles. The maximum atomic E-state index is 12.5. The third-order valence-electron chi connectivity index (χ3n) is 4.50. The van der Waals surface area contributed by atoms with Crippen LogP contribution < -0.4 is 26.4 Å². The minimum atomic E-state index is -0.417. The van der Waals surface area contributed by atoms with Crippen molar-refractivity contribution < 1.29 is 14.3 Å². The van der Waals surface area contributed by atoms with Crippen LogP contribution in [-0.2, 0) is 11.3 Å². The van der Waals surface area contributed by atoms with Crippen LogP contribution in [0.5, 0.6) is 5.75 Å². The van der Waals surface area contributed by atoms with Crippen molar-refractivity contribution in [1.29, 1.82) is 5.26 Å². The predicted molar refractivity (Wildman–Crippen MR) is 121 cm³/mol. The summed E-state index contributed by atoms with van der Waals surface area (Å²) in [4.78, 5) is 21.1. The zero-order chi connectivity index (χ0) is 23.1. The highest BCUT2D eigenvalue weighted by molar-refractivity contribution is 6.05. The Hall–Kier alpha value is -4.36. The number of amides is 1. The van der Waals surface area contributed by atoms with E-state index in [0.717, 1.165) is 5.56 Å². The maximum absolute atomic E-state index is 12.5. The fraction of sp³-hybridized carbons (Fsp3) is 0.182. The summed E-state index contributed by atoms with van der Waals surface area (Å²) >= 11 is 0. The molecule has 0 bridgehead atoms. The SMILES string of the molecule is CNC(=O)c1c(Nc2cccc(C#N)c2OC)cc(Nc2cc(COC)ccn2)nc1N. The summed E-state index contributed by atoms with van der Waals surface area (Å²) in [6.07, 6.45) is 1.65. The van der Waals surface area contributed by atoms with Gasteiger partial charge < -0.3 is 31.2 Å². The first-order valence-electron chi connectivity index (χ1n) is 9.58. The summed E-state index contributed by atoms with van der Waals surface area (Å²) in [6, 6.07) is 12.4. The van der Waals surface area contributed by atoms with Crippen LogP contribution in [0.3, 0.4) is 0 Å². The second-order valence-electron chi connectivity index (χ2n) is 6.62. The normalized spacial score (nSPS) is 10.2. The van der Waals surface area contributed by atoms with Crippen molar-refractivity contribution in [2.45, 2.75) is 6.61 Å². The number of nitrogen functional groups attached to an aromatic ring is 1. The number of hydrogen-bond donors (Lipinski definition) is 4. The lowest BCUT2D eigenvalue weighted by Crippen LogP contribution is -2.22. The van der Waals surface area contributed by atoms with E-state index in [9.17, 15) is 10.1 Å². The average molecular weight is 433 g/mol. The van der Waals surface area contributed by atoms with Crippen molar-refractivity contribution in [2.75, 3.05) is 37.6 Å². The number of rotatable bonds is 8. The lowest BCUT2D eigenvalue weighted by Gasteiger charge is -2.17. The molecule has 0 unspecified atom stereocenters. The van der Waals surface area contributed by atoms with Crippen LogP contribution in [0.1, 0.15) is 21.5 Å². The highest BCUT2D eigenvalue weighted by atomic mass is 16.5. The quantitative estimate of drug-likeness (QED) is 0.421. The third kappa shape index (κ3) is 4.85. The van der Waals surface area contributed by atoms with Gasteiger partial charge in [0.1, 0.15) is 29.1 Å². The standard InChI is InChI=1S/C22H23N7O3/c1-25-22(30)19-16(27-15-6-4-5-14(11-23)20(15)32-3)10-18(29-21(19)24)28-17-9-13(12-31-2)7-8-26-17/h4-10H,12H2,1-3H3,(H,25,30)(H4,24,26,27,28,29). The predicted octanol–water partition coefficient (Wildman–Crippen LogP) is 2.93. The number of pyridine rings is 2. The van der Waals surface area contributed by atoms with Gasteiger partial charge in [0.15, 0.2) is 5.75 Å². The number of carbonyl (C=O) groups excluding carboxylic acids is 1. The fourth-order valence-corrected chi connectivity index (χ4v) is 3.11. The lowest BCUT2D eigenvalue weighted by atomic mass is 10.1. The summed E-state index contributed by atoms with van der Waals surface area (Å²) < 4.78 is 10.5. The van der Waals surface area contributed by atoms with Crippen molar-refractivity contribution in [2.24, 2.45) is 0 Å². The Morgan fingerprint density at radius 1 is 1.16 bits per heavy atom. The van der Waals surface area contributed by atoms with E-state index in [0.29, 0.717) is 40.9 Å². The fourth-order valence-electron chi connectivity index (χ4n) is 3.11. The van der Waals surface area contributed by atoms with E-state index in [-0.39, 0.29) is 11.4 Å². The third-order valence-corrected chi connectivity index (χ3v) is 4.50. The number of nitrogens with one attached hydrogen (secondary N) is 3. The molecule has 0 spiro atoms. The van der Waals surface area contributed by atoms with Gasteiger partial charge in [-0.2, -0.15) is 5.26 Å². The summed E-state index contributed by atoms with van der Waals surface area (Å²) in [7, 11) is 4.58. The smallest absolute Gasteiger partial charge is 0.256 e. The van der Waals surface area contributed by atoms with Crippen LogP contribution in [0.4, 0.5) is 28.8 Å². The molecule has 3 aromatic rings. The average Bonchev–Trinajstić information content (AvgIpc) is 2.78. The van der Waals surface area contributed by atoms with Crippen molar-refractivity contribution in [3.05, 3.63) is 59.3 Å². The molecule has 0 aliphatic rings. The van der Waals surface area contributed by atoms with Gasteiger partial charge in [-0.1, -0.05) is 6.07 Å². The van der Waals surface area contributed by atoms with E-state index in [4.69, 9.17) is 15.2 Å². The number of para-hydroxylation sites is 1. The molecule has 164 valence electrons. The molecule has 10 heteroatoms. The van der Waals surface area contributed by atoms with Gasteiger partial charge in [0.25, 0.3) is 5.91 Å². The maximum Gasteiger partial charge on any atom is 0.256 e. The van der Waals surface area contributed by atoms with Crippen LogP contribution in [-0.4, -0.2) is 37.1 Å². The van der Waals surface area contributed by atoms with E-state index in [1.54, 1.807) is 37.6 Å². The summed E-state index contributed by atoms with van der Waals surface area (Å²) in [5, 5.41) is 18.2. The molecule has 1 aromatic carbocycles. The largest absolute Gasteiger partial charge is 0.493 e.